The Bertz CT molecular complexity index is 343. The summed E-state index contributed by atoms with van der Waals surface area (Å²) >= 11 is 0. The number of hydrogen-bond donors (Lipinski definition) is 0. The minimum atomic E-state index is 0. The first-order valence-corrected chi connectivity index (χ1v) is 5.71. The lowest BCUT2D eigenvalue weighted by molar-refractivity contribution is 0.0943. The van der Waals surface area contributed by atoms with E-state index in [1.54, 1.807) is 0 Å². The number of halogens is 1. The van der Waals surface area contributed by atoms with Crippen LogP contribution in [0.15, 0.2) is 30.3 Å². The first-order chi connectivity index (χ1) is 7.41. The molecule has 0 aromatic heterocycles. The molecule has 1 aromatic rings. The molecule has 0 unspecified atom stereocenters. The third-order valence-electron chi connectivity index (χ3n) is 2.92. The van der Waals surface area contributed by atoms with Crippen molar-refractivity contribution in [3.05, 3.63) is 35.9 Å². The SMILES string of the molecule is CN(CCC(=O)c1ccccc1)C(C)(C)C.I. The third kappa shape index (κ3) is 5.64. The third-order valence-corrected chi connectivity index (χ3v) is 2.92. The van der Waals surface area contributed by atoms with Gasteiger partial charge in [0.15, 0.2) is 5.78 Å². The molecule has 1 aromatic carbocycles. The van der Waals surface area contributed by atoms with Crippen LogP contribution in [-0.4, -0.2) is 29.8 Å². The van der Waals surface area contributed by atoms with Gasteiger partial charge in [-0.3, -0.25) is 4.79 Å². The maximum Gasteiger partial charge on any atom is 0.164 e. The molecule has 96 valence electrons. The van der Waals surface area contributed by atoms with Gasteiger partial charge in [-0.2, -0.15) is 0 Å². The highest BCUT2D eigenvalue weighted by Gasteiger charge is 2.17. The molecule has 1 rings (SSSR count). The molecule has 17 heavy (non-hydrogen) atoms. The van der Waals surface area contributed by atoms with E-state index in [-0.39, 0.29) is 35.3 Å². The number of nitrogens with zero attached hydrogens (tertiary/aromatic N) is 1. The molecular weight excluding hydrogens is 325 g/mol. The van der Waals surface area contributed by atoms with Crippen molar-refractivity contribution in [2.75, 3.05) is 13.6 Å². The molecule has 3 heteroatoms. The van der Waals surface area contributed by atoms with Crippen LogP contribution >= 0.6 is 24.0 Å². The zero-order chi connectivity index (χ0) is 12.2. The summed E-state index contributed by atoms with van der Waals surface area (Å²) in [6, 6.07) is 9.48. The molecule has 0 amide bonds. The topological polar surface area (TPSA) is 20.3 Å². The van der Waals surface area contributed by atoms with Crippen LogP contribution in [0.2, 0.25) is 0 Å². The van der Waals surface area contributed by atoms with Crippen LogP contribution in [0.5, 0.6) is 0 Å². The lowest BCUT2D eigenvalue weighted by atomic mass is 10.0. The normalized spacial score (nSPS) is 11.1. The second-order valence-corrected chi connectivity index (χ2v) is 5.13. The van der Waals surface area contributed by atoms with Crippen molar-refractivity contribution in [2.24, 2.45) is 0 Å². The standard InChI is InChI=1S/C14H21NO.HI/c1-14(2,3)15(4)11-10-13(16)12-8-6-5-7-9-12;/h5-9H,10-11H2,1-4H3;1H. The van der Waals surface area contributed by atoms with Gasteiger partial charge in [0.05, 0.1) is 0 Å². The van der Waals surface area contributed by atoms with Crippen LogP contribution in [-0.2, 0) is 0 Å². The van der Waals surface area contributed by atoms with Crippen LogP contribution in [0.25, 0.3) is 0 Å². The molecule has 0 saturated carbocycles. The summed E-state index contributed by atoms with van der Waals surface area (Å²) in [4.78, 5) is 14.1. The molecule has 0 radical (unpaired) electrons. The molecule has 0 heterocycles. The van der Waals surface area contributed by atoms with Gasteiger partial charge in [-0.05, 0) is 27.8 Å². The molecule has 0 N–H and O–H groups in total. The minimum Gasteiger partial charge on any atom is -0.301 e. The number of benzene rings is 1. The van der Waals surface area contributed by atoms with E-state index < -0.39 is 0 Å². The number of carbonyl (C=O) groups excluding carboxylic acids is 1. The fourth-order valence-corrected chi connectivity index (χ4v) is 1.37. The average Bonchev–Trinajstić information content (AvgIpc) is 2.25. The Morgan fingerprint density at radius 1 is 1.18 bits per heavy atom. The Morgan fingerprint density at radius 2 is 1.71 bits per heavy atom. The smallest absolute Gasteiger partial charge is 0.164 e. The van der Waals surface area contributed by atoms with Crippen LogP contribution in [0.3, 0.4) is 0 Å². The number of rotatable bonds is 4. The van der Waals surface area contributed by atoms with E-state index in [2.05, 4.69) is 32.7 Å². The van der Waals surface area contributed by atoms with E-state index in [9.17, 15) is 4.79 Å². The molecule has 0 aliphatic carbocycles. The van der Waals surface area contributed by atoms with E-state index in [0.29, 0.717) is 6.42 Å². The molecule has 0 spiro atoms. The molecule has 0 bridgehead atoms. The number of hydrogen-bond acceptors (Lipinski definition) is 2. The van der Waals surface area contributed by atoms with Crippen molar-refractivity contribution in [3.8, 4) is 0 Å². The predicted octanol–water partition coefficient (Wildman–Crippen LogP) is 3.61. The molecule has 2 nitrogen and oxygen atoms in total. The molecular formula is C14H22INO. The highest BCUT2D eigenvalue weighted by Crippen LogP contribution is 2.12. The lowest BCUT2D eigenvalue weighted by Crippen LogP contribution is -2.39. The Balaban J connectivity index is 0.00000256. The summed E-state index contributed by atoms with van der Waals surface area (Å²) in [6.45, 7) is 7.26. The van der Waals surface area contributed by atoms with Crippen LogP contribution in [0.4, 0.5) is 0 Å². The Labute approximate surface area is 121 Å². The van der Waals surface area contributed by atoms with Gasteiger partial charge in [0.2, 0.25) is 0 Å². The number of Topliss-reactive ketones (excluding diaryl/α,β-unsaturated/α-hetero) is 1. The van der Waals surface area contributed by atoms with Crippen molar-refractivity contribution >= 4 is 29.8 Å². The fourth-order valence-electron chi connectivity index (χ4n) is 1.37. The van der Waals surface area contributed by atoms with Crippen molar-refractivity contribution in [1.82, 2.24) is 4.90 Å². The summed E-state index contributed by atoms with van der Waals surface area (Å²) in [5.74, 6) is 0.219. The van der Waals surface area contributed by atoms with Gasteiger partial charge in [0.25, 0.3) is 0 Å². The van der Waals surface area contributed by atoms with Gasteiger partial charge < -0.3 is 4.90 Å². The van der Waals surface area contributed by atoms with Gasteiger partial charge >= 0.3 is 0 Å². The van der Waals surface area contributed by atoms with Gasteiger partial charge in [-0.25, -0.2) is 0 Å². The fraction of sp³-hybridized carbons (Fsp3) is 0.500. The van der Waals surface area contributed by atoms with Crippen molar-refractivity contribution in [1.29, 1.82) is 0 Å². The minimum absolute atomic E-state index is 0. The first-order valence-electron chi connectivity index (χ1n) is 5.71. The van der Waals surface area contributed by atoms with Crippen LogP contribution in [0, 0.1) is 0 Å². The molecule has 0 aliphatic heterocycles. The van der Waals surface area contributed by atoms with Gasteiger partial charge in [-0.1, -0.05) is 30.3 Å². The predicted molar refractivity (Wildman–Crippen MR) is 83.2 cm³/mol. The van der Waals surface area contributed by atoms with Gasteiger partial charge in [0.1, 0.15) is 0 Å². The van der Waals surface area contributed by atoms with E-state index in [0.717, 1.165) is 12.1 Å². The lowest BCUT2D eigenvalue weighted by Gasteiger charge is -2.31. The Kier molecular flexibility index (Phi) is 6.94. The van der Waals surface area contributed by atoms with Gasteiger partial charge in [0, 0.05) is 24.1 Å². The highest BCUT2D eigenvalue weighted by atomic mass is 127. The molecule has 0 saturated heterocycles. The summed E-state index contributed by atoms with van der Waals surface area (Å²) in [7, 11) is 2.05. The second kappa shape index (κ2) is 7.11. The number of ketones is 1. The van der Waals surface area contributed by atoms with Crippen LogP contribution in [0.1, 0.15) is 37.6 Å². The van der Waals surface area contributed by atoms with Gasteiger partial charge in [-0.15, -0.1) is 24.0 Å². The highest BCUT2D eigenvalue weighted by molar-refractivity contribution is 14.0. The van der Waals surface area contributed by atoms with E-state index in [1.165, 1.54) is 0 Å². The first kappa shape index (κ1) is 16.6. The monoisotopic (exact) mass is 347 g/mol. The quantitative estimate of drug-likeness (QED) is 0.613. The zero-order valence-electron chi connectivity index (χ0n) is 11.1. The summed E-state index contributed by atoms with van der Waals surface area (Å²) in [6.07, 6.45) is 0.581. The van der Waals surface area contributed by atoms with Crippen molar-refractivity contribution < 1.29 is 4.79 Å². The van der Waals surface area contributed by atoms with E-state index in [1.807, 2.05) is 30.3 Å². The molecule has 0 fully saturated rings. The van der Waals surface area contributed by atoms with Crippen molar-refractivity contribution in [3.63, 3.8) is 0 Å². The number of carbonyl (C=O) groups is 1. The maximum absolute atomic E-state index is 11.8. The Hall–Kier alpha value is -0.420. The summed E-state index contributed by atoms with van der Waals surface area (Å²) in [5, 5.41) is 0. The Morgan fingerprint density at radius 3 is 2.18 bits per heavy atom. The molecule has 0 aliphatic rings. The molecule has 0 atom stereocenters. The summed E-state index contributed by atoms with van der Waals surface area (Å²) in [5.41, 5.74) is 0.932. The maximum atomic E-state index is 11.8. The zero-order valence-corrected chi connectivity index (χ0v) is 13.4. The van der Waals surface area contributed by atoms with E-state index in [4.69, 9.17) is 0 Å². The summed E-state index contributed by atoms with van der Waals surface area (Å²) < 4.78 is 0. The van der Waals surface area contributed by atoms with Crippen molar-refractivity contribution in [2.45, 2.75) is 32.7 Å². The van der Waals surface area contributed by atoms with E-state index >= 15 is 0 Å². The van der Waals surface area contributed by atoms with Crippen LogP contribution < -0.4 is 0 Å². The second-order valence-electron chi connectivity index (χ2n) is 5.13. The largest absolute Gasteiger partial charge is 0.301 e. The average molecular weight is 347 g/mol.